The normalized spacial score (nSPS) is 12.2. The number of likely N-dealkylation sites (N-methyl/N-ethyl adjacent to an activating group) is 1. The first-order valence-electron chi connectivity index (χ1n) is 7.36. The van der Waals surface area contributed by atoms with Gasteiger partial charge in [0.1, 0.15) is 5.82 Å². The van der Waals surface area contributed by atoms with Crippen molar-refractivity contribution in [3.05, 3.63) is 65.0 Å². The number of nitrogens with two attached hydrogens (primary N) is 1. The minimum Gasteiger partial charge on any atom is -0.363 e. The van der Waals surface area contributed by atoms with Gasteiger partial charge in [-0.1, -0.05) is 24.3 Å². The molecule has 2 aromatic rings. The zero-order chi connectivity index (χ0) is 15.4. The van der Waals surface area contributed by atoms with Crippen LogP contribution in [0.3, 0.4) is 0 Å². The van der Waals surface area contributed by atoms with Crippen LogP contribution in [-0.2, 0) is 0 Å². The van der Waals surface area contributed by atoms with E-state index in [1.807, 2.05) is 25.1 Å². The number of hydrogen-bond donors (Lipinski definition) is 1. The van der Waals surface area contributed by atoms with E-state index in [0.29, 0.717) is 6.54 Å². The second-order valence-electron chi connectivity index (χ2n) is 5.32. The predicted octanol–water partition coefficient (Wildman–Crippen LogP) is 3.97. The molecule has 0 aliphatic carbocycles. The SMILES string of the molecule is CCN(c1ccccc1C)C(CN)c1ccc(F)cc1C. The first kappa shape index (κ1) is 15.5. The Morgan fingerprint density at radius 1 is 1.10 bits per heavy atom. The van der Waals surface area contributed by atoms with Crippen molar-refractivity contribution in [2.45, 2.75) is 26.8 Å². The maximum atomic E-state index is 13.3. The molecule has 0 radical (unpaired) electrons. The maximum Gasteiger partial charge on any atom is 0.123 e. The van der Waals surface area contributed by atoms with Gasteiger partial charge in [-0.25, -0.2) is 4.39 Å². The molecule has 2 N–H and O–H groups in total. The quantitative estimate of drug-likeness (QED) is 0.901. The summed E-state index contributed by atoms with van der Waals surface area (Å²) in [7, 11) is 0. The van der Waals surface area contributed by atoms with Crippen molar-refractivity contribution in [2.75, 3.05) is 18.0 Å². The minimum absolute atomic E-state index is 0.0525. The van der Waals surface area contributed by atoms with Gasteiger partial charge in [-0.15, -0.1) is 0 Å². The summed E-state index contributed by atoms with van der Waals surface area (Å²) >= 11 is 0. The van der Waals surface area contributed by atoms with E-state index in [0.717, 1.165) is 17.7 Å². The van der Waals surface area contributed by atoms with Crippen molar-refractivity contribution in [1.82, 2.24) is 0 Å². The molecule has 0 fully saturated rings. The predicted molar refractivity (Wildman–Crippen MR) is 87.1 cm³/mol. The van der Waals surface area contributed by atoms with Crippen LogP contribution < -0.4 is 10.6 Å². The van der Waals surface area contributed by atoms with Crippen LogP contribution in [0.2, 0.25) is 0 Å². The first-order valence-corrected chi connectivity index (χ1v) is 7.36. The van der Waals surface area contributed by atoms with Crippen molar-refractivity contribution in [3.8, 4) is 0 Å². The van der Waals surface area contributed by atoms with Crippen LogP contribution in [0.15, 0.2) is 42.5 Å². The van der Waals surface area contributed by atoms with Crippen LogP contribution in [0.25, 0.3) is 0 Å². The van der Waals surface area contributed by atoms with Crippen LogP contribution in [0.5, 0.6) is 0 Å². The summed E-state index contributed by atoms with van der Waals surface area (Å²) < 4.78 is 13.3. The van der Waals surface area contributed by atoms with E-state index in [4.69, 9.17) is 5.73 Å². The van der Waals surface area contributed by atoms with Gasteiger partial charge in [0.05, 0.1) is 6.04 Å². The summed E-state index contributed by atoms with van der Waals surface area (Å²) in [6.07, 6.45) is 0. The smallest absolute Gasteiger partial charge is 0.123 e. The van der Waals surface area contributed by atoms with Gasteiger partial charge in [0.25, 0.3) is 0 Å². The molecule has 0 spiro atoms. The number of para-hydroxylation sites is 1. The highest BCUT2D eigenvalue weighted by molar-refractivity contribution is 5.55. The fourth-order valence-electron chi connectivity index (χ4n) is 2.88. The highest BCUT2D eigenvalue weighted by atomic mass is 19.1. The highest BCUT2D eigenvalue weighted by Crippen LogP contribution is 2.30. The van der Waals surface area contributed by atoms with Crippen LogP contribution in [0.4, 0.5) is 10.1 Å². The molecule has 1 unspecified atom stereocenters. The summed E-state index contributed by atoms with van der Waals surface area (Å²) in [4.78, 5) is 2.29. The van der Waals surface area contributed by atoms with E-state index in [-0.39, 0.29) is 11.9 Å². The molecular weight excluding hydrogens is 263 g/mol. The van der Waals surface area contributed by atoms with Gasteiger partial charge in [-0.05, 0) is 55.7 Å². The minimum atomic E-state index is -0.203. The number of nitrogens with zero attached hydrogens (tertiary/aromatic N) is 1. The van der Waals surface area contributed by atoms with Crippen molar-refractivity contribution < 1.29 is 4.39 Å². The number of aryl methyl sites for hydroxylation is 2. The van der Waals surface area contributed by atoms with E-state index < -0.39 is 0 Å². The van der Waals surface area contributed by atoms with E-state index in [2.05, 4.69) is 30.9 Å². The Morgan fingerprint density at radius 2 is 1.81 bits per heavy atom. The molecule has 3 heteroatoms. The number of hydrogen-bond acceptors (Lipinski definition) is 2. The summed E-state index contributed by atoms with van der Waals surface area (Å²) in [6.45, 7) is 7.50. The molecule has 0 saturated heterocycles. The molecule has 2 rings (SSSR count). The van der Waals surface area contributed by atoms with E-state index in [9.17, 15) is 4.39 Å². The summed E-state index contributed by atoms with van der Waals surface area (Å²) in [5.74, 6) is -0.203. The van der Waals surface area contributed by atoms with Crippen LogP contribution in [0, 0.1) is 19.7 Å². The van der Waals surface area contributed by atoms with Crippen LogP contribution in [-0.4, -0.2) is 13.1 Å². The Labute approximate surface area is 126 Å². The van der Waals surface area contributed by atoms with Crippen LogP contribution >= 0.6 is 0 Å². The fraction of sp³-hybridized carbons (Fsp3) is 0.333. The third kappa shape index (κ3) is 3.24. The van der Waals surface area contributed by atoms with Gasteiger partial charge in [-0.3, -0.25) is 0 Å². The molecule has 0 saturated carbocycles. The molecule has 21 heavy (non-hydrogen) atoms. The number of anilines is 1. The van der Waals surface area contributed by atoms with Gasteiger partial charge >= 0.3 is 0 Å². The lowest BCUT2D eigenvalue weighted by molar-refractivity contribution is 0.613. The number of rotatable bonds is 5. The Hall–Kier alpha value is -1.87. The van der Waals surface area contributed by atoms with Crippen molar-refractivity contribution in [1.29, 1.82) is 0 Å². The number of halogens is 1. The molecule has 0 aliphatic rings. The first-order chi connectivity index (χ1) is 10.1. The van der Waals surface area contributed by atoms with Crippen molar-refractivity contribution >= 4 is 5.69 Å². The van der Waals surface area contributed by atoms with Crippen molar-refractivity contribution in [2.24, 2.45) is 5.73 Å². The molecule has 112 valence electrons. The highest BCUT2D eigenvalue weighted by Gasteiger charge is 2.21. The molecule has 1 atom stereocenters. The Balaban J connectivity index is 2.45. The maximum absolute atomic E-state index is 13.3. The number of benzene rings is 2. The van der Waals surface area contributed by atoms with Crippen molar-refractivity contribution in [3.63, 3.8) is 0 Å². The van der Waals surface area contributed by atoms with Gasteiger partial charge in [-0.2, -0.15) is 0 Å². The Bertz CT molecular complexity index is 610. The molecule has 0 aromatic heterocycles. The standard InChI is InChI=1S/C18H23FN2/c1-4-21(17-8-6-5-7-13(17)2)18(12-20)16-10-9-15(19)11-14(16)3/h5-11,18H,4,12,20H2,1-3H3. The zero-order valence-electron chi connectivity index (χ0n) is 12.9. The van der Waals surface area contributed by atoms with Gasteiger partial charge in [0, 0.05) is 18.8 Å². The topological polar surface area (TPSA) is 29.3 Å². The third-order valence-corrected chi connectivity index (χ3v) is 3.96. The van der Waals surface area contributed by atoms with Crippen LogP contribution in [0.1, 0.15) is 29.7 Å². The molecule has 0 amide bonds. The zero-order valence-corrected chi connectivity index (χ0v) is 12.9. The average Bonchev–Trinajstić information content (AvgIpc) is 2.47. The Morgan fingerprint density at radius 3 is 2.38 bits per heavy atom. The lowest BCUT2D eigenvalue weighted by atomic mass is 9.98. The lowest BCUT2D eigenvalue weighted by Crippen LogP contribution is -2.34. The summed E-state index contributed by atoms with van der Waals surface area (Å²) in [5.41, 5.74) is 10.5. The second kappa shape index (κ2) is 6.72. The van der Waals surface area contributed by atoms with E-state index in [1.165, 1.54) is 17.3 Å². The lowest BCUT2D eigenvalue weighted by Gasteiger charge is -2.34. The molecule has 2 nitrogen and oxygen atoms in total. The third-order valence-electron chi connectivity index (χ3n) is 3.96. The molecule has 0 heterocycles. The molecule has 0 bridgehead atoms. The molecule has 2 aromatic carbocycles. The van der Waals surface area contributed by atoms with Gasteiger partial charge in [0.2, 0.25) is 0 Å². The monoisotopic (exact) mass is 286 g/mol. The largest absolute Gasteiger partial charge is 0.363 e. The van der Waals surface area contributed by atoms with Gasteiger partial charge < -0.3 is 10.6 Å². The molecular formula is C18H23FN2. The summed E-state index contributed by atoms with van der Waals surface area (Å²) in [6, 6.07) is 13.3. The molecule has 0 aliphatic heterocycles. The fourth-order valence-corrected chi connectivity index (χ4v) is 2.88. The summed E-state index contributed by atoms with van der Waals surface area (Å²) in [5, 5.41) is 0. The van der Waals surface area contributed by atoms with E-state index >= 15 is 0 Å². The second-order valence-corrected chi connectivity index (χ2v) is 5.32. The Kier molecular flexibility index (Phi) is 4.97. The van der Waals surface area contributed by atoms with Gasteiger partial charge in [0.15, 0.2) is 0 Å². The van der Waals surface area contributed by atoms with E-state index in [1.54, 1.807) is 6.07 Å². The average molecular weight is 286 g/mol.